The van der Waals surface area contributed by atoms with Crippen LogP contribution in [0.2, 0.25) is 0 Å². The molecule has 0 amide bonds. The Morgan fingerprint density at radius 2 is 0.940 bits per heavy atom. The van der Waals surface area contributed by atoms with Gasteiger partial charge in [-0.25, -0.2) is 0 Å². The minimum atomic E-state index is -0.150. The summed E-state index contributed by atoms with van der Waals surface area (Å²) < 4.78 is 9.89. The van der Waals surface area contributed by atoms with E-state index in [4.69, 9.17) is 9.47 Å². The number of hydrogen-bond acceptors (Lipinski definition) is 7. The molecule has 5 rings (SSSR count). The average Bonchev–Trinajstić information content (AvgIpc) is 3.80. The predicted octanol–water partition coefficient (Wildman–Crippen LogP) is 7.65. The van der Waals surface area contributed by atoms with Crippen molar-refractivity contribution in [1.29, 1.82) is 0 Å². The zero-order chi connectivity index (χ0) is 36.5. The standard InChI is InChI=1S/C19H22N2O2.C15H24O.2C4H8O.Y/c1-19(2,13-20-11-15-7-3-5-9-17(15)22)14-21-12-16-8-4-6-10-18(16)23;1-10-8-11(14(2,3)4)13(16)12(9-10)15(5,6)7;2*1-2-4-5-3-1;/h3-12,22-23H,13-14H2,1-2H3;8-9,16H,1-7H3;2*1-4H2;/q;;;;+3/p-3. The van der Waals surface area contributed by atoms with Gasteiger partial charge >= 0.3 is 32.7 Å². The van der Waals surface area contributed by atoms with Gasteiger partial charge in [0.25, 0.3) is 0 Å². The number of nitrogens with zero attached hydrogens (tertiary/aromatic N) is 2. The number of ether oxygens (including phenoxy) is 2. The molecule has 2 saturated heterocycles. The van der Waals surface area contributed by atoms with Crippen molar-refractivity contribution in [2.45, 2.75) is 98.8 Å². The van der Waals surface area contributed by atoms with Crippen molar-refractivity contribution in [3.05, 3.63) is 88.5 Å². The molecule has 50 heavy (non-hydrogen) atoms. The van der Waals surface area contributed by atoms with E-state index < -0.39 is 0 Å². The second kappa shape index (κ2) is 22.4. The third-order valence-electron chi connectivity index (χ3n) is 7.84. The zero-order valence-electron chi connectivity index (χ0n) is 32.0. The summed E-state index contributed by atoms with van der Waals surface area (Å²) in [5, 5.41) is 35.6. The number of hydrogen-bond donors (Lipinski definition) is 0. The van der Waals surface area contributed by atoms with Crippen LogP contribution in [0.4, 0.5) is 0 Å². The van der Waals surface area contributed by atoms with Gasteiger partial charge < -0.3 is 24.8 Å². The number of rotatable bonds is 6. The molecular weight excluding hydrogens is 701 g/mol. The Morgan fingerprint density at radius 1 is 0.600 bits per heavy atom. The zero-order valence-corrected chi connectivity index (χ0v) is 34.9. The van der Waals surface area contributed by atoms with Crippen LogP contribution in [0, 0.1) is 12.3 Å². The third-order valence-corrected chi connectivity index (χ3v) is 7.84. The summed E-state index contributed by atoms with van der Waals surface area (Å²) in [6.07, 6.45) is 8.33. The second-order valence-corrected chi connectivity index (χ2v) is 15.5. The fourth-order valence-corrected chi connectivity index (χ4v) is 4.91. The normalized spacial score (nSPS) is 14.6. The molecule has 2 heterocycles. The molecule has 7 nitrogen and oxygen atoms in total. The van der Waals surface area contributed by atoms with Crippen LogP contribution >= 0.6 is 0 Å². The maximum Gasteiger partial charge on any atom is 3.00 e. The minimum Gasteiger partial charge on any atom is -0.872 e. The van der Waals surface area contributed by atoms with Gasteiger partial charge in [-0.1, -0.05) is 122 Å². The van der Waals surface area contributed by atoms with Crippen molar-refractivity contribution >= 4 is 12.4 Å². The maximum atomic E-state index is 12.4. The van der Waals surface area contributed by atoms with E-state index >= 15 is 0 Å². The molecule has 0 atom stereocenters. The molecule has 2 aliphatic rings. The van der Waals surface area contributed by atoms with Crippen LogP contribution in [0.25, 0.3) is 0 Å². The van der Waals surface area contributed by atoms with Crippen LogP contribution in [0.15, 0.2) is 70.6 Å². The van der Waals surface area contributed by atoms with Crippen LogP contribution in [0.1, 0.15) is 109 Å². The molecule has 2 fully saturated rings. The Morgan fingerprint density at radius 3 is 1.22 bits per heavy atom. The summed E-state index contributed by atoms with van der Waals surface area (Å²) >= 11 is 0. The van der Waals surface area contributed by atoms with Crippen molar-refractivity contribution in [2.75, 3.05) is 39.5 Å². The fraction of sp³-hybridized carbons (Fsp3) is 0.524. The molecule has 3 aromatic carbocycles. The minimum absolute atomic E-state index is 0. The molecule has 0 radical (unpaired) electrons. The van der Waals surface area contributed by atoms with Gasteiger partial charge in [-0.15, -0.1) is 17.2 Å². The molecule has 3 aromatic rings. The van der Waals surface area contributed by atoms with Crippen molar-refractivity contribution < 1.29 is 57.5 Å². The van der Waals surface area contributed by atoms with E-state index in [2.05, 4.69) is 58.5 Å². The van der Waals surface area contributed by atoms with Gasteiger partial charge in [0.15, 0.2) is 0 Å². The average molecular weight is 761 g/mol. The summed E-state index contributed by atoms with van der Waals surface area (Å²) in [5.41, 5.74) is 3.90. The Labute approximate surface area is 327 Å². The summed E-state index contributed by atoms with van der Waals surface area (Å²) in [5.74, 6) is 0.156. The van der Waals surface area contributed by atoms with Crippen molar-refractivity contribution in [3.63, 3.8) is 0 Å². The number of aliphatic imine (C=N–C) groups is 2. The van der Waals surface area contributed by atoms with E-state index in [-0.39, 0.29) is 66.2 Å². The smallest absolute Gasteiger partial charge is 0.872 e. The number of para-hydroxylation sites is 2. The van der Waals surface area contributed by atoms with Crippen LogP contribution < -0.4 is 15.3 Å². The topological polar surface area (TPSA) is 112 Å². The number of benzene rings is 3. The van der Waals surface area contributed by atoms with Gasteiger partial charge in [0.1, 0.15) is 0 Å². The molecule has 270 valence electrons. The predicted molar refractivity (Wildman–Crippen MR) is 199 cm³/mol. The molecule has 0 saturated carbocycles. The third kappa shape index (κ3) is 17.6. The van der Waals surface area contributed by atoms with Gasteiger partial charge in [-0.2, -0.15) is 0 Å². The van der Waals surface area contributed by atoms with Crippen LogP contribution in [-0.4, -0.2) is 51.9 Å². The van der Waals surface area contributed by atoms with Crippen LogP contribution in [0.5, 0.6) is 17.2 Å². The van der Waals surface area contributed by atoms with Crippen LogP contribution in [0.3, 0.4) is 0 Å². The van der Waals surface area contributed by atoms with E-state index in [0.717, 1.165) is 37.6 Å². The van der Waals surface area contributed by atoms with Crippen molar-refractivity contribution in [1.82, 2.24) is 0 Å². The molecule has 0 bridgehead atoms. The quantitative estimate of drug-likeness (QED) is 0.240. The Kier molecular flexibility index (Phi) is 20.3. The van der Waals surface area contributed by atoms with Crippen molar-refractivity contribution in [3.8, 4) is 17.2 Å². The summed E-state index contributed by atoms with van der Waals surface area (Å²) in [6.45, 7) is 23.8. The van der Waals surface area contributed by atoms with Gasteiger partial charge in [0, 0.05) is 57.4 Å². The van der Waals surface area contributed by atoms with Gasteiger partial charge in [-0.3, -0.25) is 9.98 Å². The van der Waals surface area contributed by atoms with Crippen molar-refractivity contribution in [2.24, 2.45) is 15.4 Å². The summed E-state index contributed by atoms with van der Waals surface area (Å²) in [4.78, 5) is 8.71. The fourth-order valence-electron chi connectivity index (χ4n) is 4.91. The molecule has 0 aromatic heterocycles. The van der Waals surface area contributed by atoms with Gasteiger partial charge in [0.2, 0.25) is 0 Å². The first-order valence-corrected chi connectivity index (χ1v) is 17.5. The molecular formula is C42H59N2O5Y. The van der Waals surface area contributed by atoms with E-state index in [1.54, 1.807) is 36.7 Å². The van der Waals surface area contributed by atoms with Gasteiger partial charge in [-0.05, 0) is 65.7 Å². The molecule has 2 aliphatic heterocycles. The van der Waals surface area contributed by atoms with E-state index in [1.807, 2.05) is 38.1 Å². The molecule has 0 unspecified atom stereocenters. The maximum absolute atomic E-state index is 12.4. The van der Waals surface area contributed by atoms with Gasteiger partial charge in [0.05, 0.1) is 0 Å². The monoisotopic (exact) mass is 760 g/mol. The second-order valence-electron chi connectivity index (χ2n) is 15.5. The summed E-state index contributed by atoms with van der Waals surface area (Å²) in [7, 11) is 0. The first-order chi connectivity index (χ1) is 23.0. The molecule has 0 spiro atoms. The first kappa shape index (κ1) is 45.4. The first-order valence-electron chi connectivity index (χ1n) is 17.5. The largest absolute Gasteiger partial charge is 3.00 e. The van der Waals surface area contributed by atoms with E-state index in [0.29, 0.717) is 24.2 Å². The summed E-state index contributed by atoms with van der Waals surface area (Å²) in [6, 6.07) is 17.7. The Bertz CT molecular complexity index is 1340. The van der Waals surface area contributed by atoms with E-state index in [1.165, 1.54) is 43.4 Å². The SMILES string of the molecule is C1CCOC1.C1CCOC1.CC(C)(CN=Cc1ccccc1[O-])CN=Cc1ccccc1[O-].Cc1cc(C(C)(C)C)c([O-])c(C(C)(C)C)c1.[Y+3]. The number of aryl methyl sites for hydroxylation is 1. The molecule has 8 heteroatoms. The molecule has 0 N–H and O–H groups in total. The molecule has 0 aliphatic carbocycles. The Balaban J connectivity index is 0.000000395. The Hall–Kier alpha value is -2.58. The van der Waals surface area contributed by atoms with E-state index in [9.17, 15) is 15.3 Å². The van der Waals surface area contributed by atoms with Crippen LogP contribution in [-0.2, 0) is 53.0 Å².